The molecule has 1 atom stereocenters. The van der Waals surface area contributed by atoms with Crippen LogP contribution in [0.2, 0.25) is 0 Å². The van der Waals surface area contributed by atoms with Gasteiger partial charge in [-0.05, 0) is 61.8 Å². The number of unbranched alkanes of at least 4 members (excludes halogenated alkanes) is 1. The second-order valence-electron chi connectivity index (χ2n) is 11.4. The van der Waals surface area contributed by atoms with Gasteiger partial charge in [0.2, 0.25) is 11.8 Å². The molecule has 1 spiro atoms. The van der Waals surface area contributed by atoms with E-state index in [1.165, 1.54) is 5.56 Å². The van der Waals surface area contributed by atoms with E-state index in [-0.39, 0.29) is 24.8 Å². The lowest BCUT2D eigenvalue weighted by atomic mass is 9.81. The number of likely N-dealkylation sites (tertiary alicyclic amines) is 1. The van der Waals surface area contributed by atoms with Crippen LogP contribution in [0.5, 0.6) is 0 Å². The summed E-state index contributed by atoms with van der Waals surface area (Å²) in [6.07, 6.45) is 4.93. The van der Waals surface area contributed by atoms with E-state index < -0.39 is 17.6 Å². The van der Waals surface area contributed by atoms with Gasteiger partial charge in [0.1, 0.15) is 18.2 Å². The van der Waals surface area contributed by atoms with E-state index in [0.29, 0.717) is 25.8 Å². The molecule has 0 aromatic heterocycles. The molecular weight excluding hydrogens is 526 g/mol. The SMILES string of the molecule is O=C(CC1NC(=O)C2(CCN(CCCCc3ccccc3)CC2)N(CCc2ccccc2)C1=O)OCc1ccccc1. The van der Waals surface area contributed by atoms with Crippen LogP contribution in [0.15, 0.2) is 91.0 Å². The fourth-order valence-corrected chi connectivity index (χ4v) is 6.14. The lowest BCUT2D eigenvalue weighted by molar-refractivity contribution is -0.163. The third kappa shape index (κ3) is 7.45. The fraction of sp³-hybridized carbons (Fsp3) is 0.400. The summed E-state index contributed by atoms with van der Waals surface area (Å²) < 4.78 is 5.44. The van der Waals surface area contributed by atoms with E-state index in [1.54, 1.807) is 4.90 Å². The summed E-state index contributed by atoms with van der Waals surface area (Å²) in [7, 11) is 0. The summed E-state index contributed by atoms with van der Waals surface area (Å²) in [4.78, 5) is 44.5. The molecule has 2 aliphatic rings. The van der Waals surface area contributed by atoms with Gasteiger partial charge in [0.05, 0.1) is 6.42 Å². The summed E-state index contributed by atoms with van der Waals surface area (Å²) in [6.45, 7) is 3.08. The molecule has 0 aliphatic carbocycles. The normalized spacial score (nSPS) is 18.6. The Morgan fingerprint density at radius 1 is 0.762 bits per heavy atom. The van der Waals surface area contributed by atoms with E-state index in [9.17, 15) is 14.4 Å². The van der Waals surface area contributed by atoms with Gasteiger partial charge < -0.3 is 19.9 Å². The van der Waals surface area contributed by atoms with Crippen LogP contribution >= 0.6 is 0 Å². The Bertz CT molecular complexity index is 1310. The zero-order valence-corrected chi connectivity index (χ0v) is 24.3. The molecule has 0 radical (unpaired) electrons. The highest BCUT2D eigenvalue weighted by atomic mass is 16.5. The lowest BCUT2D eigenvalue weighted by Gasteiger charge is -2.51. The van der Waals surface area contributed by atoms with E-state index in [1.807, 2.05) is 66.7 Å². The number of esters is 1. The highest BCUT2D eigenvalue weighted by Crippen LogP contribution is 2.34. The van der Waals surface area contributed by atoms with Crippen molar-refractivity contribution in [3.8, 4) is 0 Å². The van der Waals surface area contributed by atoms with E-state index in [2.05, 4.69) is 34.5 Å². The lowest BCUT2D eigenvalue weighted by Crippen LogP contribution is -2.73. The van der Waals surface area contributed by atoms with E-state index in [4.69, 9.17) is 4.74 Å². The number of carbonyl (C=O) groups excluding carboxylic acids is 3. The molecule has 2 amide bonds. The average Bonchev–Trinajstić information content (AvgIpc) is 3.03. The first kappa shape index (κ1) is 29.5. The number of ether oxygens (including phenoxy) is 1. The van der Waals surface area contributed by atoms with Crippen molar-refractivity contribution < 1.29 is 19.1 Å². The Labute approximate surface area is 248 Å². The third-order valence-electron chi connectivity index (χ3n) is 8.60. The van der Waals surface area contributed by atoms with Gasteiger partial charge in [-0.3, -0.25) is 14.4 Å². The molecule has 2 saturated heterocycles. The molecule has 220 valence electrons. The van der Waals surface area contributed by atoms with E-state index in [0.717, 1.165) is 50.0 Å². The topological polar surface area (TPSA) is 79.0 Å². The quantitative estimate of drug-likeness (QED) is 0.257. The number of nitrogens with zero attached hydrogens (tertiary/aromatic N) is 2. The number of benzene rings is 3. The fourth-order valence-electron chi connectivity index (χ4n) is 6.14. The van der Waals surface area contributed by atoms with Crippen molar-refractivity contribution in [1.82, 2.24) is 15.1 Å². The molecule has 3 aromatic carbocycles. The van der Waals surface area contributed by atoms with Crippen molar-refractivity contribution in [2.24, 2.45) is 0 Å². The van der Waals surface area contributed by atoms with Crippen LogP contribution in [0.1, 0.15) is 48.8 Å². The molecule has 7 nitrogen and oxygen atoms in total. The highest BCUT2D eigenvalue weighted by molar-refractivity contribution is 6.01. The number of nitrogens with one attached hydrogen (secondary N) is 1. The summed E-state index contributed by atoms with van der Waals surface area (Å²) in [5, 5.41) is 2.92. The smallest absolute Gasteiger partial charge is 0.308 e. The van der Waals surface area contributed by atoms with Crippen LogP contribution < -0.4 is 5.32 Å². The van der Waals surface area contributed by atoms with Gasteiger partial charge in [0.15, 0.2) is 0 Å². The molecule has 7 heteroatoms. The molecule has 0 bridgehead atoms. The number of aryl methyl sites for hydroxylation is 1. The van der Waals surface area contributed by atoms with Crippen LogP contribution in [0, 0.1) is 0 Å². The van der Waals surface area contributed by atoms with Crippen LogP contribution in [0.4, 0.5) is 0 Å². The van der Waals surface area contributed by atoms with Crippen LogP contribution in [0.25, 0.3) is 0 Å². The molecule has 2 aliphatic heterocycles. The summed E-state index contributed by atoms with van der Waals surface area (Å²) in [5.74, 6) is -0.847. The van der Waals surface area contributed by atoms with Crippen molar-refractivity contribution in [2.75, 3.05) is 26.2 Å². The molecule has 42 heavy (non-hydrogen) atoms. The second kappa shape index (κ2) is 14.3. The first-order valence-electron chi connectivity index (χ1n) is 15.2. The van der Waals surface area contributed by atoms with Gasteiger partial charge in [-0.15, -0.1) is 0 Å². The van der Waals surface area contributed by atoms with E-state index >= 15 is 0 Å². The summed E-state index contributed by atoms with van der Waals surface area (Å²) in [5.41, 5.74) is 2.46. The summed E-state index contributed by atoms with van der Waals surface area (Å²) >= 11 is 0. The Kier molecular flexibility index (Phi) is 10.0. The Balaban J connectivity index is 1.20. The zero-order valence-electron chi connectivity index (χ0n) is 24.3. The minimum absolute atomic E-state index is 0.136. The van der Waals surface area contributed by atoms with Gasteiger partial charge in [-0.1, -0.05) is 91.0 Å². The Morgan fingerprint density at radius 3 is 1.95 bits per heavy atom. The number of rotatable bonds is 12. The summed E-state index contributed by atoms with van der Waals surface area (Å²) in [6, 6.07) is 29.1. The number of carbonyl (C=O) groups is 3. The number of hydrogen-bond acceptors (Lipinski definition) is 5. The molecule has 3 aromatic rings. The highest BCUT2D eigenvalue weighted by Gasteiger charge is 2.53. The maximum Gasteiger partial charge on any atom is 0.308 e. The van der Waals surface area contributed by atoms with Crippen molar-refractivity contribution in [3.05, 3.63) is 108 Å². The van der Waals surface area contributed by atoms with Crippen molar-refractivity contribution in [3.63, 3.8) is 0 Å². The Morgan fingerprint density at radius 2 is 1.33 bits per heavy atom. The molecular formula is C35H41N3O4. The minimum Gasteiger partial charge on any atom is -0.461 e. The standard InChI is InChI=1S/C35H41N3O4/c39-32(42-27-30-17-8-3-9-18-30)26-31-33(40)38(23-19-29-14-6-2-7-15-29)35(34(41)36-31)20-24-37(25-21-35)22-11-10-16-28-12-4-1-5-13-28/h1-9,12-15,17-18,31H,10-11,16,19-27H2,(H,36,41). The monoisotopic (exact) mass is 567 g/mol. The predicted molar refractivity (Wildman–Crippen MR) is 162 cm³/mol. The average molecular weight is 568 g/mol. The van der Waals surface area contributed by atoms with Gasteiger partial charge in [0.25, 0.3) is 0 Å². The predicted octanol–water partition coefficient (Wildman–Crippen LogP) is 4.55. The Hall–Kier alpha value is -3.97. The molecule has 2 heterocycles. The van der Waals surface area contributed by atoms with Crippen molar-refractivity contribution >= 4 is 17.8 Å². The van der Waals surface area contributed by atoms with Gasteiger partial charge in [0, 0.05) is 19.6 Å². The van der Waals surface area contributed by atoms with Crippen molar-refractivity contribution in [1.29, 1.82) is 0 Å². The van der Waals surface area contributed by atoms with Crippen molar-refractivity contribution in [2.45, 2.75) is 63.1 Å². The number of amides is 2. The van der Waals surface area contributed by atoms with Gasteiger partial charge in [-0.25, -0.2) is 0 Å². The number of hydrogen-bond donors (Lipinski definition) is 1. The molecule has 2 fully saturated rings. The second-order valence-corrected chi connectivity index (χ2v) is 11.4. The largest absolute Gasteiger partial charge is 0.461 e. The minimum atomic E-state index is -0.918. The molecule has 1 unspecified atom stereocenters. The molecule has 5 rings (SSSR count). The van der Waals surface area contributed by atoms with Crippen LogP contribution in [-0.4, -0.2) is 65.3 Å². The zero-order chi connectivity index (χ0) is 29.2. The number of piperazine rings is 1. The van der Waals surface area contributed by atoms with Crippen LogP contribution in [0.3, 0.4) is 0 Å². The maximum absolute atomic E-state index is 13.9. The van der Waals surface area contributed by atoms with Gasteiger partial charge >= 0.3 is 5.97 Å². The van der Waals surface area contributed by atoms with Crippen LogP contribution in [-0.2, 0) is 38.6 Å². The number of piperidine rings is 1. The molecule has 1 N–H and O–H groups in total. The first-order chi connectivity index (χ1) is 20.5. The van der Waals surface area contributed by atoms with Gasteiger partial charge in [-0.2, -0.15) is 0 Å². The molecule has 0 saturated carbocycles. The third-order valence-corrected chi connectivity index (χ3v) is 8.60. The first-order valence-corrected chi connectivity index (χ1v) is 15.2. The maximum atomic E-state index is 13.9.